The van der Waals surface area contributed by atoms with Gasteiger partial charge in [-0.15, -0.1) is 0 Å². The maximum absolute atomic E-state index is 13.0. The highest BCUT2D eigenvalue weighted by molar-refractivity contribution is 5.90. The molecule has 0 atom stereocenters. The van der Waals surface area contributed by atoms with Crippen LogP contribution in [-0.2, 0) is 19.8 Å². The third kappa shape index (κ3) is 4.43. The molecule has 0 radical (unpaired) electrons. The number of nitrogens with zero attached hydrogens (tertiary/aromatic N) is 3. The van der Waals surface area contributed by atoms with E-state index in [4.69, 9.17) is 0 Å². The van der Waals surface area contributed by atoms with Crippen LogP contribution in [0.2, 0.25) is 0 Å². The number of alkyl halides is 3. The van der Waals surface area contributed by atoms with Crippen molar-refractivity contribution in [2.45, 2.75) is 12.7 Å². The van der Waals surface area contributed by atoms with E-state index in [1.54, 1.807) is 42.5 Å². The molecule has 6 nitrogen and oxygen atoms in total. The van der Waals surface area contributed by atoms with Crippen molar-refractivity contribution in [2.75, 3.05) is 5.32 Å². The third-order valence-electron chi connectivity index (χ3n) is 3.79. The number of nitrogens with one attached hydrogen (secondary N) is 2. The lowest BCUT2D eigenvalue weighted by molar-refractivity contribution is -0.136. The van der Waals surface area contributed by atoms with Crippen LogP contribution in [0, 0.1) is 0 Å². The number of para-hydroxylation sites is 1. The normalized spacial score (nSPS) is 11.3. The number of aryl methyl sites for hydroxylation is 1. The Morgan fingerprint density at radius 3 is 2.67 bits per heavy atom. The first kappa shape index (κ1) is 18.4. The minimum atomic E-state index is -4.55. The topological polar surface area (TPSA) is 71.8 Å². The predicted molar refractivity (Wildman–Crippen MR) is 93.7 cm³/mol. The average molecular weight is 375 g/mol. The Kier molecular flexibility index (Phi) is 5.11. The van der Waals surface area contributed by atoms with Crippen LogP contribution in [0.1, 0.15) is 11.1 Å². The standard InChI is InChI=1S/C18H16F3N5O/c1-26-11-13(10-24-26)16-12(5-4-8-22-16)9-23-17(27)25-15-7-3-2-6-14(15)18(19,20)21/h2-8,10-11H,9H2,1H3,(H2,23,25,27). The number of urea groups is 1. The fourth-order valence-corrected chi connectivity index (χ4v) is 2.57. The summed E-state index contributed by atoms with van der Waals surface area (Å²) in [5.41, 5.74) is 0.919. The summed E-state index contributed by atoms with van der Waals surface area (Å²) >= 11 is 0. The van der Waals surface area contributed by atoms with Crippen LogP contribution in [0.5, 0.6) is 0 Å². The molecule has 0 aliphatic heterocycles. The van der Waals surface area contributed by atoms with Gasteiger partial charge in [0.2, 0.25) is 0 Å². The van der Waals surface area contributed by atoms with Crippen molar-refractivity contribution in [2.24, 2.45) is 7.05 Å². The molecule has 2 heterocycles. The lowest BCUT2D eigenvalue weighted by Gasteiger charge is -2.14. The zero-order chi connectivity index (χ0) is 19.4. The van der Waals surface area contributed by atoms with Gasteiger partial charge in [0.25, 0.3) is 0 Å². The van der Waals surface area contributed by atoms with Gasteiger partial charge in [-0.1, -0.05) is 18.2 Å². The molecule has 3 rings (SSSR count). The largest absolute Gasteiger partial charge is 0.418 e. The number of pyridine rings is 1. The number of amides is 2. The summed E-state index contributed by atoms with van der Waals surface area (Å²) in [6.45, 7) is 0.0953. The smallest absolute Gasteiger partial charge is 0.334 e. The lowest BCUT2D eigenvalue weighted by Crippen LogP contribution is -2.29. The van der Waals surface area contributed by atoms with Crippen molar-refractivity contribution in [3.63, 3.8) is 0 Å². The van der Waals surface area contributed by atoms with E-state index >= 15 is 0 Å². The van der Waals surface area contributed by atoms with Gasteiger partial charge in [0.05, 0.1) is 23.1 Å². The average Bonchev–Trinajstić information content (AvgIpc) is 3.06. The van der Waals surface area contributed by atoms with Crippen molar-refractivity contribution < 1.29 is 18.0 Å². The van der Waals surface area contributed by atoms with Crippen LogP contribution < -0.4 is 10.6 Å². The van der Waals surface area contributed by atoms with Crippen LogP contribution in [0.25, 0.3) is 11.3 Å². The first-order chi connectivity index (χ1) is 12.8. The number of benzene rings is 1. The van der Waals surface area contributed by atoms with Gasteiger partial charge in [0.15, 0.2) is 0 Å². The number of anilines is 1. The summed E-state index contributed by atoms with van der Waals surface area (Å²) in [5.74, 6) is 0. The second kappa shape index (κ2) is 7.48. The summed E-state index contributed by atoms with van der Waals surface area (Å²) in [6.07, 6.45) is 0.489. The number of hydrogen-bond acceptors (Lipinski definition) is 3. The highest BCUT2D eigenvalue weighted by Gasteiger charge is 2.33. The molecule has 2 N–H and O–H groups in total. The molecule has 0 saturated carbocycles. The molecule has 1 aromatic carbocycles. The SMILES string of the molecule is Cn1cc(-c2ncccc2CNC(=O)Nc2ccccc2C(F)(F)F)cn1. The Morgan fingerprint density at radius 2 is 1.96 bits per heavy atom. The number of rotatable bonds is 4. The van der Waals surface area contributed by atoms with Crippen LogP contribution >= 0.6 is 0 Å². The molecular formula is C18H16F3N5O. The van der Waals surface area contributed by atoms with Gasteiger partial charge in [0.1, 0.15) is 0 Å². The van der Waals surface area contributed by atoms with Gasteiger partial charge in [0, 0.05) is 31.5 Å². The van der Waals surface area contributed by atoms with E-state index in [1.165, 1.54) is 18.2 Å². The molecule has 0 spiro atoms. The highest BCUT2D eigenvalue weighted by Crippen LogP contribution is 2.34. The van der Waals surface area contributed by atoms with Crippen molar-refractivity contribution in [1.82, 2.24) is 20.1 Å². The summed E-state index contributed by atoms with van der Waals surface area (Å²) in [5, 5.41) is 8.89. The second-order valence-electron chi connectivity index (χ2n) is 5.76. The predicted octanol–water partition coefficient (Wildman–Crippen LogP) is 3.82. The molecule has 9 heteroatoms. The fourth-order valence-electron chi connectivity index (χ4n) is 2.57. The zero-order valence-corrected chi connectivity index (χ0v) is 14.3. The molecule has 140 valence electrons. The van der Waals surface area contributed by atoms with Crippen molar-refractivity contribution >= 4 is 11.7 Å². The number of halogens is 3. The summed E-state index contributed by atoms with van der Waals surface area (Å²) < 4.78 is 40.6. The van der Waals surface area contributed by atoms with Gasteiger partial charge < -0.3 is 10.6 Å². The van der Waals surface area contributed by atoms with E-state index in [-0.39, 0.29) is 12.2 Å². The molecule has 0 fully saturated rings. The quantitative estimate of drug-likeness (QED) is 0.728. The van der Waals surface area contributed by atoms with E-state index in [0.717, 1.165) is 11.6 Å². The molecule has 0 bridgehead atoms. The highest BCUT2D eigenvalue weighted by atomic mass is 19.4. The van der Waals surface area contributed by atoms with Gasteiger partial charge in [-0.25, -0.2) is 4.79 Å². The number of carbonyl (C=O) groups is 1. The molecule has 3 aromatic rings. The van der Waals surface area contributed by atoms with Gasteiger partial charge in [-0.05, 0) is 23.8 Å². The lowest BCUT2D eigenvalue weighted by atomic mass is 10.1. The summed E-state index contributed by atoms with van der Waals surface area (Å²) in [6, 6.07) is 7.55. The maximum atomic E-state index is 13.0. The zero-order valence-electron chi connectivity index (χ0n) is 14.3. The fraction of sp³-hybridized carbons (Fsp3) is 0.167. The summed E-state index contributed by atoms with van der Waals surface area (Å²) in [7, 11) is 1.77. The first-order valence-electron chi connectivity index (χ1n) is 7.98. The Morgan fingerprint density at radius 1 is 1.19 bits per heavy atom. The van der Waals surface area contributed by atoms with E-state index < -0.39 is 17.8 Å². The van der Waals surface area contributed by atoms with Crippen LogP contribution in [0.15, 0.2) is 55.0 Å². The van der Waals surface area contributed by atoms with E-state index in [2.05, 4.69) is 20.7 Å². The molecule has 27 heavy (non-hydrogen) atoms. The van der Waals surface area contributed by atoms with Crippen molar-refractivity contribution in [3.8, 4) is 11.3 Å². The Bertz CT molecular complexity index is 952. The molecule has 2 amide bonds. The molecule has 0 unspecified atom stereocenters. The molecular weight excluding hydrogens is 359 g/mol. The minimum Gasteiger partial charge on any atom is -0.334 e. The molecule has 0 aliphatic rings. The molecule has 2 aromatic heterocycles. The van der Waals surface area contributed by atoms with Crippen molar-refractivity contribution in [3.05, 3.63) is 66.1 Å². The van der Waals surface area contributed by atoms with Gasteiger partial charge in [-0.2, -0.15) is 18.3 Å². The van der Waals surface area contributed by atoms with Crippen LogP contribution in [0.3, 0.4) is 0 Å². The monoisotopic (exact) mass is 375 g/mol. The number of hydrogen-bond donors (Lipinski definition) is 2. The van der Waals surface area contributed by atoms with Crippen LogP contribution in [-0.4, -0.2) is 20.8 Å². The third-order valence-corrected chi connectivity index (χ3v) is 3.79. The minimum absolute atomic E-state index is 0.0953. The maximum Gasteiger partial charge on any atom is 0.418 e. The van der Waals surface area contributed by atoms with E-state index in [9.17, 15) is 18.0 Å². The van der Waals surface area contributed by atoms with E-state index in [0.29, 0.717) is 11.3 Å². The Hall–Kier alpha value is -3.36. The van der Waals surface area contributed by atoms with Gasteiger partial charge in [-0.3, -0.25) is 9.67 Å². The number of carbonyl (C=O) groups excluding carboxylic acids is 1. The van der Waals surface area contributed by atoms with Gasteiger partial charge >= 0.3 is 12.2 Å². The second-order valence-corrected chi connectivity index (χ2v) is 5.76. The molecule has 0 saturated heterocycles. The molecule has 0 aliphatic carbocycles. The van der Waals surface area contributed by atoms with E-state index in [1.807, 2.05) is 0 Å². The Labute approximate surface area is 153 Å². The Balaban J connectivity index is 1.71. The van der Waals surface area contributed by atoms with Crippen molar-refractivity contribution in [1.29, 1.82) is 0 Å². The number of aromatic nitrogens is 3. The summed E-state index contributed by atoms with van der Waals surface area (Å²) in [4.78, 5) is 16.4. The first-order valence-corrected chi connectivity index (χ1v) is 7.98. The van der Waals surface area contributed by atoms with Crippen LogP contribution in [0.4, 0.5) is 23.7 Å².